The van der Waals surface area contributed by atoms with Crippen LogP contribution in [0.2, 0.25) is 0 Å². The highest BCUT2D eigenvalue weighted by Crippen LogP contribution is 2.63. The summed E-state index contributed by atoms with van der Waals surface area (Å²) in [6.07, 6.45) is 5.07. The van der Waals surface area contributed by atoms with E-state index >= 15 is 0 Å². The van der Waals surface area contributed by atoms with Gasteiger partial charge in [0.15, 0.2) is 11.5 Å². The molecule has 0 bridgehead atoms. The average molecular weight is 770 g/mol. The van der Waals surface area contributed by atoms with E-state index < -0.39 is 5.41 Å². The van der Waals surface area contributed by atoms with Gasteiger partial charge in [0.25, 0.3) is 0 Å². The average Bonchev–Trinajstić information content (AvgIpc) is 3.75. The summed E-state index contributed by atoms with van der Waals surface area (Å²) in [4.78, 5) is 12.6. The summed E-state index contributed by atoms with van der Waals surface area (Å²) in [5.74, 6) is 3.29. The molecule has 0 radical (unpaired) electrons. The molecule has 0 atom stereocenters. The molecule has 0 saturated carbocycles. The molecule has 60 heavy (non-hydrogen) atoms. The molecule has 7 aromatic carbocycles. The zero-order chi connectivity index (χ0) is 39.4. The van der Waals surface area contributed by atoms with Crippen molar-refractivity contribution in [3.63, 3.8) is 0 Å². The molecule has 2 aliphatic carbocycles. The first-order valence-corrected chi connectivity index (χ1v) is 20.6. The SMILES string of the molecule is c1ccc2c(c1)Cc1cc(N3c4ccccc4Oc4ccccc43)cnc1-c1ncccc1Cc1cc3c(cc1O2)C1(c2ccccc2-c2ccccc21)c1ccccc1-3. The van der Waals surface area contributed by atoms with E-state index in [0.717, 1.165) is 73.7 Å². The van der Waals surface area contributed by atoms with Gasteiger partial charge in [-0.1, -0.05) is 121 Å². The van der Waals surface area contributed by atoms with Gasteiger partial charge in [-0.3, -0.25) is 9.97 Å². The molecule has 0 amide bonds. The number of ether oxygens (including phenoxy) is 2. The molecule has 0 saturated heterocycles. The highest BCUT2D eigenvalue weighted by atomic mass is 16.5. The van der Waals surface area contributed by atoms with Crippen LogP contribution in [0, 0.1) is 0 Å². The number of para-hydroxylation sites is 5. The molecule has 4 aliphatic rings. The maximum Gasteiger partial charge on any atom is 0.151 e. The van der Waals surface area contributed by atoms with Crippen molar-refractivity contribution >= 4 is 17.1 Å². The Morgan fingerprint density at radius 2 is 0.933 bits per heavy atom. The Labute approximate surface area is 347 Å². The highest BCUT2D eigenvalue weighted by molar-refractivity contribution is 5.95. The summed E-state index contributed by atoms with van der Waals surface area (Å²) in [6, 6.07) is 62.9. The third-order valence-electron chi connectivity index (χ3n) is 12.9. The number of hydrogen-bond acceptors (Lipinski definition) is 5. The zero-order valence-corrected chi connectivity index (χ0v) is 32.5. The van der Waals surface area contributed by atoms with Crippen molar-refractivity contribution in [1.29, 1.82) is 0 Å². The van der Waals surface area contributed by atoms with Crippen molar-refractivity contribution in [3.8, 4) is 56.6 Å². The minimum atomic E-state index is -0.476. The molecule has 5 nitrogen and oxygen atoms in total. The second-order valence-electron chi connectivity index (χ2n) is 16.0. The van der Waals surface area contributed by atoms with Gasteiger partial charge in [-0.2, -0.15) is 0 Å². The van der Waals surface area contributed by atoms with Gasteiger partial charge in [-0.25, -0.2) is 0 Å². The monoisotopic (exact) mass is 769 g/mol. The molecule has 0 fully saturated rings. The molecule has 0 unspecified atom stereocenters. The van der Waals surface area contributed by atoms with Crippen LogP contribution in [-0.2, 0) is 18.3 Å². The summed E-state index contributed by atoms with van der Waals surface area (Å²) in [5, 5.41) is 0. The lowest BCUT2D eigenvalue weighted by molar-refractivity contribution is 0.471. The van der Waals surface area contributed by atoms with Crippen LogP contribution in [0.3, 0.4) is 0 Å². The first-order valence-electron chi connectivity index (χ1n) is 20.6. The van der Waals surface area contributed by atoms with Crippen molar-refractivity contribution in [2.45, 2.75) is 18.3 Å². The van der Waals surface area contributed by atoms with Crippen LogP contribution in [0.4, 0.5) is 17.1 Å². The molecule has 5 heteroatoms. The quantitative estimate of drug-likeness (QED) is 0.166. The van der Waals surface area contributed by atoms with E-state index in [9.17, 15) is 0 Å². The smallest absolute Gasteiger partial charge is 0.151 e. The van der Waals surface area contributed by atoms with Crippen molar-refractivity contribution in [3.05, 3.63) is 233 Å². The van der Waals surface area contributed by atoms with Crippen LogP contribution < -0.4 is 14.4 Å². The topological polar surface area (TPSA) is 47.5 Å². The Hall–Kier alpha value is -7.76. The molecule has 4 heterocycles. The summed E-state index contributed by atoms with van der Waals surface area (Å²) in [6.45, 7) is 0. The van der Waals surface area contributed by atoms with Gasteiger partial charge in [0.05, 0.1) is 40.1 Å². The van der Waals surface area contributed by atoms with Crippen LogP contribution in [0.1, 0.15) is 44.5 Å². The predicted octanol–water partition coefficient (Wildman–Crippen LogP) is 13.3. The third kappa shape index (κ3) is 4.63. The van der Waals surface area contributed by atoms with Crippen molar-refractivity contribution in [1.82, 2.24) is 9.97 Å². The molecule has 2 aliphatic heterocycles. The summed E-state index contributed by atoms with van der Waals surface area (Å²) >= 11 is 0. The molecule has 1 spiro atoms. The number of pyridine rings is 2. The van der Waals surface area contributed by atoms with Crippen molar-refractivity contribution < 1.29 is 9.47 Å². The van der Waals surface area contributed by atoms with Gasteiger partial charge in [0.2, 0.25) is 0 Å². The van der Waals surface area contributed by atoms with E-state index in [4.69, 9.17) is 19.4 Å². The van der Waals surface area contributed by atoms with E-state index in [0.29, 0.717) is 12.8 Å². The Kier molecular flexibility index (Phi) is 6.99. The lowest BCUT2D eigenvalue weighted by Crippen LogP contribution is -2.25. The molecular formula is C55H35N3O2. The molecule has 9 aromatic rings. The van der Waals surface area contributed by atoms with E-state index in [-0.39, 0.29) is 0 Å². The number of hydrogen-bond donors (Lipinski definition) is 0. The van der Waals surface area contributed by atoms with Gasteiger partial charge in [0.1, 0.15) is 11.5 Å². The lowest BCUT2D eigenvalue weighted by Gasteiger charge is -2.33. The summed E-state index contributed by atoms with van der Waals surface area (Å²) < 4.78 is 13.6. The molecule has 13 rings (SSSR count). The molecule has 282 valence electrons. The van der Waals surface area contributed by atoms with Gasteiger partial charge in [-0.05, 0) is 121 Å². The zero-order valence-electron chi connectivity index (χ0n) is 32.5. The van der Waals surface area contributed by atoms with Gasteiger partial charge < -0.3 is 14.4 Å². The van der Waals surface area contributed by atoms with Crippen LogP contribution >= 0.6 is 0 Å². The normalized spacial score (nSPS) is 14.2. The molecule has 0 N–H and O–H groups in total. The van der Waals surface area contributed by atoms with Crippen molar-refractivity contribution in [2.24, 2.45) is 0 Å². The number of benzene rings is 7. The first-order chi connectivity index (χ1) is 29.7. The number of nitrogens with zero attached hydrogens (tertiary/aromatic N) is 3. The minimum Gasteiger partial charge on any atom is -0.457 e. The Morgan fingerprint density at radius 1 is 0.400 bits per heavy atom. The maximum atomic E-state index is 7.28. The lowest BCUT2D eigenvalue weighted by atomic mass is 9.70. The Balaban J connectivity index is 1.03. The third-order valence-corrected chi connectivity index (χ3v) is 12.9. The van der Waals surface area contributed by atoms with Crippen molar-refractivity contribution in [2.75, 3.05) is 4.90 Å². The Morgan fingerprint density at radius 3 is 1.63 bits per heavy atom. The number of anilines is 3. The van der Waals surface area contributed by atoms with Gasteiger partial charge >= 0.3 is 0 Å². The van der Waals surface area contributed by atoms with Crippen LogP contribution in [0.25, 0.3) is 33.6 Å². The largest absolute Gasteiger partial charge is 0.457 e. The van der Waals surface area contributed by atoms with E-state index in [1.165, 1.54) is 44.5 Å². The highest BCUT2D eigenvalue weighted by Gasteiger charge is 2.52. The predicted molar refractivity (Wildman–Crippen MR) is 237 cm³/mol. The fourth-order valence-corrected chi connectivity index (χ4v) is 10.4. The maximum absolute atomic E-state index is 7.28. The standard InChI is InChI=1S/C55H35N3O2/c1-10-24-49-34(14-1)28-37-30-38(58-47-22-8-11-25-50(47)60-51-26-12-9-23-48(51)58)33-57-54(37)53-35(15-13-27-56-53)29-36-31-42-41-18-4-7-21-45(41)55(46(42)32-52(36)59-49)43-19-5-2-16-39(43)40-17-3-6-20-44(40)55/h1-27,30-33H,28-29H2. The second-order valence-corrected chi connectivity index (χ2v) is 16.0. The van der Waals surface area contributed by atoms with E-state index in [1.54, 1.807) is 0 Å². The molecule has 2 aromatic heterocycles. The van der Waals surface area contributed by atoms with Crippen LogP contribution in [-0.4, -0.2) is 9.97 Å². The Bertz CT molecular complexity index is 3170. The molecular weight excluding hydrogens is 735 g/mol. The second kappa shape index (κ2) is 12.6. The number of rotatable bonds is 1. The van der Waals surface area contributed by atoms with Gasteiger partial charge in [-0.15, -0.1) is 0 Å². The van der Waals surface area contributed by atoms with Gasteiger partial charge in [0, 0.05) is 19.0 Å². The van der Waals surface area contributed by atoms with Crippen LogP contribution in [0.15, 0.2) is 188 Å². The number of aromatic nitrogens is 2. The summed E-state index contributed by atoms with van der Waals surface area (Å²) in [7, 11) is 0. The fraction of sp³-hybridized carbons (Fsp3) is 0.0545. The summed E-state index contributed by atoms with van der Waals surface area (Å²) in [5.41, 5.74) is 18.7. The minimum absolute atomic E-state index is 0.476. The fourth-order valence-electron chi connectivity index (χ4n) is 10.4. The first kappa shape index (κ1) is 33.2. The van der Waals surface area contributed by atoms with Crippen LogP contribution in [0.5, 0.6) is 23.0 Å². The number of fused-ring (bicyclic) bond motifs is 17. The van der Waals surface area contributed by atoms with E-state index in [1.807, 2.05) is 54.9 Å². The van der Waals surface area contributed by atoms with E-state index in [2.05, 4.69) is 138 Å².